The van der Waals surface area contributed by atoms with Crippen LogP contribution in [0.25, 0.3) is 0 Å². The zero-order chi connectivity index (χ0) is 21.3. The molecule has 0 aromatic heterocycles. The number of hydrogen-bond donors (Lipinski definition) is 2. The molecule has 1 heterocycles. The molecule has 0 aliphatic carbocycles. The Balaban J connectivity index is 1.42. The highest BCUT2D eigenvalue weighted by Crippen LogP contribution is 2.26. The number of nitrogens with zero attached hydrogens (tertiary/aromatic N) is 2. The lowest BCUT2D eigenvalue weighted by Crippen LogP contribution is -2.41. The molecule has 1 unspecified atom stereocenters. The molecule has 6 nitrogen and oxygen atoms in total. The van der Waals surface area contributed by atoms with Crippen molar-refractivity contribution in [3.63, 3.8) is 0 Å². The molecule has 2 aromatic carbocycles. The van der Waals surface area contributed by atoms with Crippen molar-refractivity contribution < 1.29 is 9.47 Å². The van der Waals surface area contributed by atoms with Crippen molar-refractivity contribution in [1.82, 2.24) is 10.6 Å². The van der Waals surface area contributed by atoms with Crippen molar-refractivity contribution in [3.05, 3.63) is 53.6 Å². The van der Waals surface area contributed by atoms with Gasteiger partial charge >= 0.3 is 0 Å². The van der Waals surface area contributed by atoms with Crippen molar-refractivity contribution in [2.24, 2.45) is 10.9 Å². The number of ether oxygens (including phenoxy) is 2. The number of guanidine groups is 1. The standard InChI is InChI=1S/C24H34N4O2/c1-18-8-9-19(14-23(18)30-4)10-12-26-24(25-2)27-16-20-11-13-28(17-20)21-6-5-7-22(15-21)29-3/h5-9,14-15,20H,10-13,16-17H2,1-4H3,(H2,25,26,27). The van der Waals surface area contributed by atoms with Crippen LogP contribution >= 0.6 is 0 Å². The number of aryl methyl sites for hydroxylation is 1. The van der Waals surface area contributed by atoms with Gasteiger partial charge in [-0.15, -0.1) is 0 Å². The highest BCUT2D eigenvalue weighted by atomic mass is 16.5. The smallest absolute Gasteiger partial charge is 0.190 e. The average molecular weight is 411 g/mol. The topological polar surface area (TPSA) is 58.1 Å². The Hall–Kier alpha value is -2.89. The van der Waals surface area contributed by atoms with Crippen LogP contribution in [0.3, 0.4) is 0 Å². The van der Waals surface area contributed by atoms with E-state index in [1.54, 1.807) is 14.2 Å². The zero-order valence-electron chi connectivity index (χ0n) is 18.6. The number of aliphatic imine (C=N–C) groups is 1. The fourth-order valence-corrected chi connectivity index (χ4v) is 3.85. The number of anilines is 1. The summed E-state index contributed by atoms with van der Waals surface area (Å²) in [7, 11) is 5.25. The Morgan fingerprint density at radius 3 is 2.77 bits per heavy atom. The van der Waals surface area contributed by atoms with Crippen LogP contribution in [0.1, 0.15) is 17.5 Å². The molecular formula is C24H34N4O2. The van der Waals surface area contributed by atoms with Crippen LogP contribution in [0.2, 0.25) is 0 Å². The Bertz CT molecular complexity index is 853. The minimum absolute atomic E-state index is 0.594. The van der Waals surface area contributed by atoms with Crippen molar-refractivity contribution in [2.45, 2.75) is 19.8 Å². The Morgan fingerprint density at radius 2 is 2.00 bits per heavy atom. The number of benzene rings is 2. The molecule has 1 fully saturated rings. The predicted molar refractivity (Wildman–Crippen MR) is 124 cm³/mol. The molecule has 0 radical (unpaired) electrons. The van der Waals surface area contributed by atoms with E-state index in [0.717, 1.165) is 55.6 Å². The van der Waals surface area contributed by atoms with E-state index in [4.69, 9.17) is 9.47 Å². The Labute approximate surface area is 180 Å². The maximum absolute atomic E-state index is 5.42. The molecule has 162 valence electrons. The van der Waals surface area contributed by atoms with Gasteiger partial charge in [-0.05, 0) is 55.0 Å². The van der Waals surface area contributed by atoms with Crippen molar-refractivity contribution >= 4 is 11.6 Å². The van der Waals surface area contributed by atoms with E-state index >= 15 is 0 Å². The number of hydrogen-bond acceptors (Lipinski definition) is 4. The minimum atomic E-state index is 0.594. The first-order chi connectivity index (χ1) is 14.6. The summed E-state index contributed by atoms with van der Waals surface area (Å²) in [5, 5.41) is 6.91. The summed E-state index contributed by atoms with van der Waals surface area (Å²) in [4.78, 5) is 6.79. The summed E-state index contributed by atoms with van der Waals surface area (Å²) < 4.78 is 10.8. The van der Waals surface area contributed by atoms with Crippen LogP contribution in [0.5, 0.6) is 11.5 Å². The summed E-state index contributed by atoms with van der Waals surface area (Å²) in [5.74, 6) is 3.30. The van der Waals surface area contributed by atoms with Crippen LogP contribution in [-0.4, -0.2) is 53.4 Å². The van der Waals surface area contributed by atoms with Gasteiger partial charge < -0.3 is 25.0 Å². The molecule has 3 rings (SSSR count). The average Bonchev–Trinajstić information content (AvgIpc) is 3.26. The van der Waals surface area contributed by atoms with Gasteiger partial charge in [0.15, 0.2) is 5.96 Å². The van der Waals surface area contributed by atoms with Crippen LogP contribution in [0.4, 0.5) is 5.69 Å². The quantitative estimate of drug-likeness (QED) is 0.517. The molecule has 6 heteroatoms. The normalized spacial score (nSPS) is 16.5. The summed E-state index contributed by atoms with van der Waals surface area (Å²) in [6.45, 7) is 5.91. The highest BCUT2D eigenvalue weighted by Gasteiger charge is 2.23. The van der Waals surface area contributed by atoms with Gasteiger partial charge in [-0.25, -0.2) is 0 Å². The first kappa shape index (κ1) is 21.8. The first-order valence-corrected chi connectivity index (χ1v) is 10.6. The molecule has 1 atom stereocenters. The monoisotopic (exact) mass is 410 g/mol. The van der Waals surface area contributed by atoms with E-state index in [0.29, 0.717) is 5.92 Å². The summed E-state index contributed by atoms with van der Waals surface area (Å²) in [6.07, 6.45) is 2.09. The van der Waals surface area contributed by atoms with Crippen molar-refractivity contribution in [1.29, 1.82) is 0 Å². The Kier molecular flexibility index (Phi) is 7.82. The van der Waals surface area contributed by atoms with Gasteiger partial charge in [-0.1, -0.05) is 18.2 Å². The lowest BCUT2D eigenvalue weighted by molar-refractivity contribution is 0.411. The van der Waals surface area contributed by atoms with Gasteiger partial charge in [-0.3, -0.25) is 4.99 Å². The second kappa shape index (κ2) is 10.8. The van der Waals surface area contributed by atoms with Crippen LogP contribution in [-0.2, 0) is 6.42 Å². The van der Waals surface area contributed by atoms with Crippen LogP contribution in [0.15, 0.2) is 47.5 Å². The molecular weight excluding hydrogens is 376 g/mol. The molecule has 0 spiro atoms. The molecule has 2 aromatic rings. The molecule has 0 amide bonds. The van der Waals surface area contributed by atoms with E-state index in [1.165, 1.54) is 17.7 Å². The third-order valence-electron chi connectivity index (χ3n) is 5.66. The van der Waals surface area contributed by atoms with E-state index in [9.17, 15) is 0 Å². The van der Waals surface area contributed by atoms with Gasteiger partial charge in [0, 0.05) is 45.0 Å². The largest absolute Gasteiger partial charge is 0.497 e. The van der Waals surface area contributed by atoms with Crippen molar-refractivity contribution in [3.8, 4) is 11.5 Å². The fraction of sp³-hybridized carbons (Fsp3) is 0.458. The number of nitrogens with one attached hydrogen (secondary N) is 2. The van der Waals surface area contributed by atoms with E-state index in [-0.39, 0.29) is 0 Å². The molecule has 0 saturated carbocycles. The SMILES string of the molecule is CN=C(NCCc1ccc(C)c(OC)c1)NCC1CCN(c2cccc(OC)c2)C1. The van der Waals surface area contributed by atoms with Crippen molar-refractivity contribution in [2.75, 3.05) is 52.3 Å². The summed E-state index contributed by atoms with van der Waals surface area (Å²) in [5.41, 5.74) is 3.64. The molecule has 1 aliphatic heterocycles. The summed E-state index contributed by atoms with van der Waals surface area (Å²) in [6, 6.07) is 14.7. The lowest BCUT2D eigenvalue weighted by Gasteiger charge is -2.20. The third kappa shape index (κ3) is 5.81. The molecule has 0 bridgehead atoms. The maximum Gasteiger partial charge on any atom is 0.190 e. The molecule has 30 heavy (non-hydrogen) atoms. The lowest BCUT2D eigenvalue weighted by atomic mass is 10.1. The predicted octanol–water partition coefficient (Wildman–Crippen LogP) is 3.25. The Morgan fingerprint density at radius 1 is 1.13 bits per heavy atom. The van der Waals surface area contributed by atoms with Gasteiger partial charge in [-0.2, -0.15) is 0 Å². The fourth-order valence-electron chi connectivity index (χ4n) is 3.85. The van der Waals surface area contributed by atoms with Crippen LogP contribution in [0, 0.1) is 12.8 Å². The highest BCUT2D eigenvalue weighted by molar-refractivity contribution is 5.79. The molecule has 1 aliphatic rings. The molecule has 2 N–H and O–H groups in total. The van der Waals surface area contributed by atoms with Crippen LogP contribution < -0.4 is 25.0 Å². The first-order valence-electron chi connectivity index (χ1n) is 10.6. The maximum atomic E-state index is 5.42. The van der Waals surface area contributed by atoms with Gasteiger partial charge in [0.1, 0.15) is 11.5 Å². The molecule has 1 saturated heterocycles. The zero-order valence-corrected chi connectivity index (χ0v) is 18.6. The minimum Gasteiger partial charge on any atom is -0.497 e. The van der Waals surface area contributed by atoms with E-state index in [1.807, 2.05) is 13.1 Å². The van der Waals surface area contributed by atoms with E-state index in [2.05, 4.69) is 63.8 Å². The van der Waals surface area contributed by atoms with E-state index < -0.39 is 0 Å². The van der Waals surface area contributed by atoms with Gasteiger partial charge in [0.25, 0.3) is 0 Å². The second-order valence-corrected chi connectivity index (χ2v) is 7.74. The number of rotatable bonds is 8. The second-order valence-electron chi connectivity index (χ2n) is 7.74. The summed E-state index contributed by atoms with van der Waals surface area (Å²) >= 11 is 0. The number of methoxy groups -OCH3 is 2. The van der Waals surface area contributed by atoms with Gasteiger partial charge in [0.05, 0.1) is 14.2 Å². The van der Waals surface area contributed by atoms with Gasteiger partial charge in [0.2, 0.25) is 0 Å². The third-order valence-corrected chi connectivity index (χ3v) is 5.66.